The Morgan fingerprint density at radius 3 is 2.75 bits per heavy atom. The zero-order valence-electron chi connectivity index (χ0n) is 13.4. The lowest BCUT2D eigenvalue weighted by atomic mass is 9.93. The first kappa shape index (κ1) is 18.0. The molecule has 116 valence electrons. The van der Waals surface area contributed by atoms with Gasteiger partial charge in [-0.2, -0.15) is 11.8 Å². The number of aromatic nitrogens is 1. The van der Waals surface area contributed by atoms with Gasteiger partial charge in [0, 0.05) is 24.4 Å². The largest absolute Gasteiger partial charge is 0.383 e. The van der Waals surface area contributed by atoms with Gasteiger partial charge in [0.1, 0.15) is 5.01 Å². The summed E-state index contributed by atoms with van der Waals surface area (Å²) in [6, 6.07) is 0.352. The molecular formula is C15H28N2OS2. The molecule has 1 unspecified atom stereocenters. The summed E-state index contributed by atoms with van der Waals surface area (Å²) < 4.78 is 5.13. The number of methoxy groups -OCH3 is 1. The minimum atomic E-state index is 0.129. The molecule has 0 radical (unpaired) electrons. The summed E-state index contributed by atoms with van der Waals surface area (Å²) in [5, 5.41) is 6.98. The van der Waals surface area contributed by atoms with Crippen LogP contribution >= 0.6 is 23.1 Å². The second-order valence-corrected chi connectivity index (χ2v) is 8.09. The monoisotopic (exact) mass is 316 g/mol. The molecule has 0 fully saturated rings. The van der Waals surface area contributed by atoms with Crippen molar-refractivity contribution in [2.75, 3.05) is 31.8 Å². The van der Waals surface area contributed by atoms with E-state index in [4.69, 9.17) is 9.72 Å². The average molecular weight is 317 g/mol. The molecule has 0 aliphatic carbocycles. The van der Waals surface area contributed by atoms with Crippen LogP contribution in [0.5, 0.6) is 0 Å². The third-order valence-corrected chi connectivity index (χ3v) is 4.93. The highest BCUT2D eigenvalue weighted by molar-refractivity contribution is 7.99. The molecule has 0 saturated carbocycles. The number of rotatable bonds is 9. The maximum atomic E-state index is 5.13. The fourth-order valence-electron chi connectivity index (χ4n) is 1.79. The van der Waals surface area contributed by atoms with E-state index < -0.39 is 0 Å². The van der Waals surface area contributed by atoms with Crippen LogP contribution in [0.1, 0.15) is 50.9 Å². The van der Waals surface area contributed by atoms with Crippen LogP contribution in [-0.4, -0.2) is 36.8 Å². The molecule has 20 heavy (non-hydrogen) atoms. The molecular weight excluding hydrogens is 288 g/mol. The standard InChI is InChI=1S/C15H28N2OS2/c1-6-19-10-7-12(16-8-9-18-5)14-17-13(11-20-14)15(2,3)4/h11-12,16H,6-10H2,1-5H3. The van der Waals surface area contributed by atoms with Gasteiger partial charge >= 0.3 is 0 Å². The average Bonchev–Trinajstić information content (AvgIpc) is 2.86. The van der Waals surface area contributed by atoms with Crippen molar-refractivity contribution in [3.05, 3.63) is 16.1 Å². The van der Waals surface area contributed by atoms with Gasteiger partial charge in [-0.3, -0.25) is 0 Å². The molecule has 1 aromatic rings. The summed E-state index contributed by atoms with van der Waals surface area (Å²) in [7, 11) is 1.74. The fourth-order valence-corrected chi connectivity index (χ4v) is 3.63. The maximum absolute atomic E-state index is 5.13. The van der Waals surface area contributed by atoms with Crippen molar-refractivity contribution in [2.24, 2.45) is 0 Å². The van der Waals surface area contributed by atoms with Gasteiger partial charge < -0.3 is 10.1 Å². The van der Waals surface area contributed by atoms with Crippen molar-refractivity contribution in [2.45, 2.75) is 45.6 Å². The van der Waals surface area contributed by atoms with Crippen LogP contribution in [-0.2, 0) is 10.2 Å². The van der Waals surface area contributed by atoms with Crippen molar-refractivity contribution in [3.8, 4) is 0 Å². The van der Waals surface area contributed by atoms with Crippen LogP contribution < -0.4 is 5.32 Å². The quantitative estimate of drug-likeness (QED) is 0.702. The number of thioether (sulfide) groups is 1. The maximum Gasteiger partial charge on any atom is 0.110 e. The Labute approximate surface area is 131 Å². The lowest BCUT2D eigenvalue weighted by Crippen LogP contribution is -2.26. The summed E-state index contributed by atoms with van der Waals surface area (Å²) in [5.74, 6) is 2.35. The van der Waals surface area contributed by atoms with Crippen LogP contribution in [0.4, 0.5) is 0 Å². The molecule has 1 rings (SSSR count). The smallest absolute Gasteiger partial charge is 0.110 e. The molecule has 1 N–H and O–H groups in total. The Kier molecular flexibility index (Phi) is 8.10. The van der Waals surface area contributed by atoms with E-state index in [1.807, 2.05) is 11.8 Å². The van der Waals surface area contributed by atoms with E-state index in [2.05, 4.69) is 38.4 Å². The summed E-state index contributed by atoms with van der Waals surface area (Å²) in [4.78, 5) is 4.85. The van der Waals surface area contributed by atoms with Crippen LogP contribution in [0.15, 0.2) is 5.38 Å². The molecule has 0 aliphatic rings. The molecule has 3 nitrogen and oxygen atoms in total. The predicted octanol–water partition coefficient (Wildman–Crippen LogP) is 3.86. The topological polar surface area (TPSA) is 34.1 Å². The Morgan fingerprint density at radius 1 is 1.45 bits per heavy atom. The molecule has 0 aliphatic heterocycles. The number of nitrogens with zero attached hydrogens (tertiary/aromatic N) is 1. The van der Waals surface area contributed by atoms with Crippen molar-refractivity contribution < 1.29 is 4.74 Å². The Morgan fingerprint density at radius 2 is 2.20 bits per heavy atom. The van der Waals surface area contributed by atoms with Crippen LogP contribution in [0.2, 0.25) is 0 Å². The molecule has 0 aromatic carbocycles. The van der Waals surface area contributed by atoms with Gasteiger partial charge in [0.25, 0.3) is 0 Å². The lowest BCUT2D eigenvalue weighted by Gasteiger charge is -2.17. The molecule has 1 atom stereocenters. The summed E-state index contributed by atoms with van der Waals surface area (Å²) in [6.07, 6.45) is 1.12. The van der Waals surface area contributed by atoms with E-state index in [-0.39, 0.29) is 5.41 Å². The fraction of sp³-hybridized carbons (Fsp3) is 0.800. The number of ether oxygens (including phenoxy) is 1. The summed E-state index contributed by atoms with van der Waals surface area (Å²) >= 11 is 3.77. The zero-order chi connectivity index (χ0) is 15.0. The molecule has 0 spiro atoms. The molecule has 0 saturated heterocycles. The highest BCUT2D eigenvalue weighted by atomic mass is 32.2. The van der Waals surface area contributed by atoms with Gasteiger partial charge in [0.05, 0.1) is 18.3 Å². The predicted molar refractivity (Wildman–Crippen MR) is 91.0 cm³/mol. The highest BCUT2D eigenvalue weighted by Gasteiger charge is 2.21. The van der Waals surface area contributed by atoms with Crippen LogP contribution in [0, 0.1) is 0 Å². The highest BCUT2D eigenvalue weighted by Crippen LogP contribution is 2.28. The van der Waals surface area contributed by atoms with E-state index in [1.54, 1.807) is 18.4 Å². The molecule has 5 heteroatoms. The minimum absolute atomic E-state index is 0.129. The molecule has 1 heterocycles. The second-order valence-electron chi connectivity index (χ2n) is 5.81. The Bertz CT molecular complexity index is 364. The first-order chi connectivity index (χ1) is 9.49. The molecule has 1 aromatic heterocycles. The normalized spacial score (nSPS) is 13.7. The van der Waals surface area contributed by atoms with Crippen molar-refractivity contribution in [1.82, 2.24) is 10.3 Å². The number of nitrogens with one attached hydrogen (secondary N) is 1. The first-order valence-electron chi connectivity index (χ1n) is 7.25. The lowest BCUT2D eigenvalue weighted by molar-refractivity contribution is 0.195. The number of hydrogen-bond acceptors (Lipinski definition) is 5. The SMILES string of the molecule is CCSCCC(NCCOC)c1nc(C(C)(C)C)cs1. The van der Waals surface area contributed by atoms with Crippen LogP contribution in [0.25, 0.3) is 0 Å². The molecule has 0 bridgehead atoms. The Hall–Kier alpha value is -0.100. The van der Waals surface area contributed by atoms with Crippen molar-refractivity contribution in [1.29, 1.82) is 0 Å². The second kappa shape index (κ2) is 9.03. The first-order valence-corrected chi connectivity index (χ1v) is 9.28. The Balaban J connectivity index is 2.67. The van der Waals surface area contributed by atoms with E-state index in [0.29, 0.717) is 6.04 Å². The van der Waals surface area contributed by atoms with Crippen LogP contribution in [0.3, 0.4) is 0 Å². The van der Waals surface area contributed by atoms with E-state index >= 15 is 0 Å². The summed E-state index contributed by atoms with van der Waals surface area (Å²) in [6.45, 7) is 10.5. The van der Waals surface area contributed by atoms with E-state index in [0.717, 1.165) is 19.6 Å². The van der Waals surface area contributed by atoms with E-state index in [9.17, 15) is 0 Å². The van der Waals surface area contributed by atoms with Gasteiger partial charge in [0.2, 0.25) is 0 Å². The third-order valence-electron chi connectivity index (χ3n) is 3.04. The number of hydrogen-bond donors (Lipinski definition) is 1. The van der Waals surface area contributed by atoms with Gasteiger partial charge in [0.15, 0.2) is 0 Å². The summed E-state index contributed by atoms with van der Waals surface area (Å²) in [5.41, 5.74) is 1.32. The van der Waals surface area contributed by atoms with E-state index in [1.165, 1.54) is 22.2 Å². The number of thiazole rings is 1. The van der Waals surface area contributed by atoms with Crippen molar-refractivity contribution >= 4 is 23.1 Å². The van der Waals surface area contributed by atoms with Gasteiger partial charge in [-0.15, -0.1) is 11.3 Å². The van der Waals surface area contributed by atoms with Gasteiger partial charge in [-0.1, -0.05) is 27.7 Å². The third kappa shape index (κ3) is 6.12. The van der Waals surface area contributed by atoms with Gasteiger partial charge in [-0.25, -0.2) is 4.98 Å². The van der Waals surface area contributed by atoms with Crippen molar-refractivity contribution in [3.63, 3.8) is 0 Å². The minimum Gasteiger partial charge on any atom is -0.383 e. The molecule has 0 amide bonds. The van der Waals surface area contributed by atoms with Gasteiger partial charge in [-0.05, 0) is 17.9 Å². The zero-order valence-corrected chi connectivity index (χ0v) is 15.0.